The maximum atomic E-state index is 12.1. The van der Waals surface area contributed by atoms with Gasteiger partial charge in [-0.25, -0.2) is 4.79 Å². The molecule has 1 aromatic carbocycles. The van der Waals surface area contributed by atoms with Gasteiger partial charge in [0.1, 0.15) is 11.5 Å². The zero-order chi connectivity index (χ0) is 18.4. The third-order valence-electron chi connectivity index (χ3n) is 3.53. The maximum Gasteiger partial charge on any atom is 0.331 e. The van der Waals surface area contributed by atoms with Crippen molar-refractivity contribution in [2.24, 2.45) is 0 Å². The Balaban J connectivity index is 1.97. The number of hydrogen-bond acceptors (Lipinski definition) is 6. The van der Waals surface area contributed by atoms with Crippen LogP contribution in [0.5, 0.6) is 11.5 Å². The van der Waals surface area contributed by atoms with Crippen molar-refractivity contribution in [2.75, 3.05) is 20.8 Å². The van der Waals surface area contributed by atoms with Crippen LogP contribution >= 0.6 is 11.3 Å². The fourth-order valence-electron chi connectivity index (χ4n) is 2.28. The first kappa shape index (κ1) is 18.7. The van der Waals surface area contributed by atoms with E-state index in [1.165, 1.54) is 13.2 Å². The smallest absolute Gasteiger partial charge is 0.331 e. The minimum absolute atomic E-state index is 0.203. The lowest BCUT2D eigenvalue weighted by atomic mass is 10.1. The van der Waals surface area contributed by atoms with E-state index >= 15 is 0 Å². The third kappa shape index (κ3) is 4.93. The molecule has 0 aliphatic rings. The Bertz CT molecular complexity index is 804. The Labute approximate surface area is 150 Å². The summed E-state index contributed by atoms with van der Waals surface area (Å²) in [4.78, 5) is 25.9. The van der Waals surface area contributed by atoms with Crippen LogP contribution in [0.25, 0.3) is 6.08 Å². The van der Waals surface area contributed by atoms with Crippen molar-refractivity contribution in [3.63, 3.8) is 0 Å². The first-order valence-corrected chi connectivity index (χ1v) is 8.43. The molecule has 0 fully saturated rings. The summed E-state index contributed by atoms with van der Waals surface area (Å²) in [5.41, 5.74) is 1.31. The molecule has 1 heterocycles. The number of thiophene rings is 1. The summed E-state index contributed by atoms with van der Waals surface area (Å²) in [6, 6.07) is 7.06. The normalized spacial score (nSPS) is 10.7. The minimum atomic E-state index is -0.587. The molecular weight excluding hydrogens is 340 g/mol. The highest BCUT2D eigenvalue weighted by molar-refractivity contribution is 7.12. The average molecular weight is 360 g/mol. The Morgan fingerprint density at radius 3 is 2.48 bits per heavy atom. The van der Waals surface area contributed by atoms with Crippen LogP contribution in [0.1, 0.15) is 25.7 Å². The molecule has 0 saturated carbocycles. The van der Waals surface area contributed by atoms with Gasteiger partial charge in [-0.05, 0) is 38.1 Å². The molecule has 2 rings (SSSR count). The minimum Gasteiger partial charge on any atom is -0.497 e. The molecule has 1 aromatic heterocycles. The Hall–Kier alpha value is -2.60. The molecule has 0 radical (unpaired) electrons. The fraction of sp³-hybridized carbons (Fsp3) is 0.263. The van der Waals surface area contributed by atoms with E-state index in [1.54, 1.807) is 42.7 Å². The Morgan fingerprint density at radius 1 is 1.12 bits per heavy atom. The van der Waals surface area contributed by atoms with Crippen LogP contribution < -0.4 is 9.47 Å². The summed E-state index contributed by atoms with van der Waals surface area (Å²) >= 11 is 1.55. The summed E-state index contributed by atoms with van der Waals surface area (Å²) in [5.74, 6) is 0.439. The van der Waals surface area contributed by atoms with Gasteiger partial charge in [-0.2, -0.15) is 0 Å². The van der Waals surface area contributed by atoms with Gasteiger partial charge in [0.2, 0.25) is 5.78 Å². The lowest BCUT2D eigenvalue weighted by molar-refractivity contribution is -0.136. The lowest BCUT2D eigenvalue weighted by Gasteiger charge is -2.07. The maximum absolute atomic E-state index is 12.1. The molecule has 0 aliphatic heterocycles. The number of esters is 1. The molecule has 0 atom stereocenters. The molecule has 0 bridgehead atoms. The van der Waals surface area contributed by atoms with Crippen LogP contribution in [0.4, 0.5) is 0 Å². The second kappa shape index (κ2) is 8.48. The zero-order valence-electron chi connectivity index (χ0n) is 14.6. The highest BCUT2D eigenvalue weighted by Gasteiger charge is 2.13. The first-order chi connectivity index (χ1) is 11.9. The van der Waals surface area contributed by atoms with Crippen LogP contribution in [0.2, 0.25) is 0 Å². The van der Waals surface area contributed by atoms with E-state index in [2.05, 4.69) is 0 Å². The van der Waals surface area contributed by atoms with Gasteiger partial charge in [-0.3, -0.25) is 4.79 Å². The van der Waals surface area contributed by atoms with Crippen LogP contribution in [0.15, 0.2) is 30.3 Å². The molecular formula is C19H20O5S. The Morgan fingerprint density at radius 2 is 1.88 bits per heavy atom. The quantitative estimate of drug-likeness (QED) is 0.427. The van der Waals surface area contributed by atoms with E-state index in [9.17, 15) is 9.59 Å². The molecule has 132 valence electrons. The van der Waals surface area contributed by atoms with E-state index in [-0.39, 0.29) is 12.4 Å². The fourth-order valence-corrected chi connectivity index (χ4v) is 3.23. The van der Waals surface area contributed by atoms with Crippen molar-refractivity contribution >= 4 is 29.2 Å². The van der Waals surface area contributed by atoms with Crippen molar-refractivity contribution in [2.45, 2.75) is 13.8 Å². The van der Waals surface area contributed by atoms with Crippen LogP contribution in [-0.2, 0) is 9.53 Å². The largest absolute Gasteiger partial charge is 0.497 e. The van der Waals surface area contributed by atoms with Crippen LogP contribution in [-0.4, -0.2) is 32.6 Å². The molecule has 6 heteroatoms. The van der Waals surface area contributed by atoms with Gasteiger partial charge >= 0.3 is 5.97 Å². The zero-order valence-corrected chi connectivity index (χ0v) is 15.4. The molecule has 0 N–H and O–H groups in total. The summed E-state index contributed by atoms with van der Waals surface area (Å²) in [5, 5.41) is 0. The molecule has 0 aliphatic carbocycles. The van der Waals surface area contributed by atoms with Crippen molar-refractivity contribution in [1.82, 2.24) is 0 Å². The first-order valence-electron chi connectivity index (χ1n) is 7.61. The van der Waals surface area contributed by atoms with Gasteiger partial charge < -0.3 is 14.2 Å². The van der Waals surface area contributed by atoms with Crippen molar-refractivity contribution < 1.29 is 23.8 Å². The van der Waals surface area contributed by atoms with Gasteiger partial charge in [-0.1, -0.05) is 0 Å². The second-order valence-electron chi connectivity index (χ2n) is 5.30. The summed E-state index contributed by atoms with van der Waals surface area (Å²) in [6.45, 7) is 3.54. The van der Waals surface area contributed by atoms with Crippen LogP contribution in [0.3, 0.4) is 0 Å². The van der Waals surface area contributed by atoms with E-state index in [4.69, 9.17) is 14.2 Å². The average Bonchev–Trinajstić information content (AvgIpc) is 2.95. The molecule has 5 nitrogen and oxygen atoms in total. The third-order valence-corrected chi connectivity index (χ3v) is 4.49. The van der Waals surface area contributed by atoms with Gasteiger partial charge in [0.15, 0.2) is 6.61 Å². The second-order valence-corrected chi connectivity index (χ2v) is 6.76. The number of aryl methyl sites for hydroxylation is 2. The van der Waals surface area contributed by atoms with Gasteiger partial charge in [0.25, 0.3) is 0 Å². The van der Waals surface area contributed by atoms with Gasteiger partial charge in [0, 0.05) is 33.0 Å². The number of Topliss-reactive ketones (excluding diaryl/α,β-unsaturated/α-hetero) is 1. The summed E-state index contributed by atoms with van der Waals surface area (Å²) < 4.78 is 15.4. The summed E-state index contributed by atoms with van der Waals surface area (Å²) in [6.07, 6.45) is 2.84. The number of carbonyl (C=O) groups excluding carboxylic acids is 2. The van der Waals surface area contributed by atoms with Gasteiger partial charge in [0.05, 0.1) is 14.2 Å². The number of rotatable bonds is 7. The predicted octanol–water partition coefficient (Wildman–Crippen LogP) is 3.82. The number of methoxy groups -OCH3 is 2. The number of hydrogen-bond donors (Lipinski definition) is 0. The monoisotopic (exact) mass is 360 g/mol. The van der Waals surface area contributed by atoms with E-state index < -0.39 is 5.97 Å². The van der Waals surface area contributed by atoms with Crippen LogP contribution in [0, 0.1) is 13.8 Å². The molecule has 25 heavy (non-hydrogen) atoms. The number of ether oxygens (including phenoxy) is 3. The molecule has 0 saturated heterocycles. The number of ketones is 1. The summed E-state index contributed by atoms with van der Waals surface area (Å²) in [7, 11) is 3.10. The topological polar surface area (TPSA) is 61.8 Å². The SMILES string of the molecule is COc1ccc(/C=C/C(=O)OCC(=O)c2cc(C)sc2C)c(OC)c1. The number of benzene rings is 1. The molecule has 0 spiro atoms. The molecule has 2 aromatic rings. The highest BCUT2D eigenvalue weighted by atomic mass is 32.1. The Kier molecular flexibility index (Phi) is 6.36. The van der Waals surface area contributed by atoms with Crippen molar-refractivity contribution in [1.29, 1.82) is 0 Å². The van der Waals surface area contributed by atoms with E-state index in [0.29, 0.717) is 22.6 Å². The standard InChI is InChI=1S/C19H20O5S/c1-12-9-16(13(2)25-12)17(20)11-24-19(21)8-6-14-5-7-15(22-3)10-18(14)23-4/h5-10H,11H2,1-4H3/b8-6+. The van der Waals surface area contributed by atoms with Crippen molar-refractivity contribution in [3.05, 3.63) is 51.2 Å². The molecule has 0 unspecified atom stereocenters. The van der Waals surface area contributed by atoms with Gasteiger partial charge in [-0.15, -0.1) is 11.3 Å². The van der Waals surface area contributed by atoms with Crippen molar-refractivity contribution in [3.8, 4) is 11.5 Å². The van der Waals surface area contributed by atoms with E-state index in [0.717, 1.165) is 9.75 Å². The van der Waals surface area contributed by atoms with E-state index in [1.807, 2.05) is 19.9 Å². The molecule has 0 amide bonds. The number of carbonyl (C=O) groups is 2. The predicted molar refractivity (Wildman–Crippen MR) is 97.7 cm³/mol. The highest BCUT2D eigenvalue weighted by Crippen LogP contribution is 2.25. The lowest BCUT2D eigenvalue weighted by Crippen LogP contribution is -2.12.